The molecule has 9 nitrogen and oxygen atoms in total. The lowest BCUT2D eigenvalue weighted by atomic mass is 10.1. The molecule has 4 aromatic rings. The number of hydrogen-bond donors (Lipinski definition) is 3. The molecule has 188 valence electrons. The number of hydrogen-bond acceptors (Lipinski definition) is 9. The van der Waals surface area contributed by atoms with E-state index in [1.165, 1.54) is 12.4 Å². The van der Waals surface area contributed by atoms with Crippen LogP contribution in [0.25, 0.3) is 27.2 Å². The van der Waals surface area contributed by atoms with Crippen LogP contribution in [-0.4, -0.2) is 59.9 Å². The number of ether oxygens (including phenoxy) is 2. The van der Waals surface area contributed by atoms with Crippen molar-refractivity contribution in [2.75, 3.05) is 38.2 Å². The van der Waals surface area contributed by atoms with Crippen molar-refractivity contribution in [1.82, 2.24) is 14.9 Å². The van der Waals surface area contributed by atoms with E-state index in [2.05, 4.69) is 5.32 Å². The molecule has 10 heteroatoms. The molecule has 0 unspecified atom stereocenters. The Labute approximate surface area is 218 Å². The Balaban J connectivity index is 1.36. The van der Waals surface area contributed by atoms with Gasteiger partial charge in [-0.1, -0.05) is 24.3 Å². The second kappa shape index (κ2) is 11.2. The minimum absolute atomic E-state index is 0.0320. The van der Waals surface area contributed by atoms with Gasteiger partial charge >= 0.3 is 0 Å². The van der Waals surface area contributed by atoms with Crippen LogP contribution in [0.3, 0.4) is 0 Å². The number of nitrogens with zero attached hydrogens (tertiary/aromatic N) is 3. The quantitative estimate of drug-likeness (QED) is 0.299. The molecule has 4 N–H and O–H groups in total. The fourth-order valence-electron chi connectivity index (χ4n) is 3.96. The van der Waals surface area contributed by atoms with Crippen LogP contribution in [0.2, 0.25) is 0 Å². The average molecular weight is 515 g/mol. The fraction of sp³-hybridized carbons (Fsp3) is 0.185. The van der Waals surface area contributed by atoms with Crippen LogP contribution in [0, 0.1) is 5.41 Å². The molecule has 0 bridgehead atoms. The third-order valence-electron chi connectivity index (χ3n) is 5.94. The van der Waals surface area contributed by atoms with Gasteiger partial charge in [-0.3, -0.25) is 4.79 Å². The topological polar surface area (TPSA) is 126 Å². The Morgan fingerprint density at radius 3 is 2.73 bits per heavy atom. The number of morpholine rings is 1. The normalized spacial score (nSPS) is 13.9. The Kier molecular flexibility index (Phi) is 7.38. The van der Waals surface area contributed by atoms with E-state index in [1.54, 1.807) is 16.2 Å². The first-order valence-electron chi connectivity index (χ1n) is 11.8. The molecule has 5 rings (SSSR count). The van der Waals surface area contributed by atoms with E-state index in [1.807, 2.05) is 60.0 Å². The number of anilines is 2. The van der Waals surface area contributed by atoms with E-state index < -0.39 is 0 Å². The summed E-state index contributed by atoms with van der Waals surface area (Å²) < 4.78 is 12.0. The summed E-state index contributed by atoms with van der Waals surface area (Å²) in [5.41, 5.74) is 9.57. The molecule has 1 fully saturated rings. The zero-order valence-corrected chi connectivity index (χ0v) is 20.8. The van der Waals surface area contributed by atoms with Crippen molar-refractivity contribution in [3.8, 4) is 17.1 Å². The first-order chi connectivity index (χ1) is 18.1. The fourth-order valence-corrected chi connectivity index (χ4v) is 4.74. The van der Waals surface area contributed by atoms with Gasteiger partial charge in [0.2, 0.25) is 0 Å². The summed E-state index contributed by atoms with van der Waals surface area (Å²) in [6.45, 7) is 2.25. The van der Waals surface area contributed by atoms with Crippen molar-refractivity contribution in [1.29, 1.82) is 5.41 Å². The highest BCUT2D eigenvalue weighted by Crippen LogP contribution is 2.32. The lowest BCUT2D eigenvalue weighted by Gasteiger charge is -2.26. The summed E-state index contributed by atoms with van der Waals surface area (Å²) >= 11 is 1.56. The van der Waals surface area contributed by atoms with Crippen molar-refractivity contribution in [2.24, 2.45) is 5.73 Å². The minimum atomic E-state index is -0.0585. The summed E-state index contributed by atoms with van der Waals surface area (Å²) in [7, 11) is 0. The molecule has 0 spiro atoms. The van der Waals surface area contributed by atoms with Gasteiger partial charge < -0.3 is 30.8 Å². The molecule has 1 saturated heterocycles. The molecule has 3 heterocycles. The number of carbonyl (C=O) groups is 1. The Morgan fingerprint density at radius 1 is 1.16 bits per heavy atom. The van der Waals surface area contributed by atoms with Crippen LogP contribution in [-0.2, 0) is 9.53 Å². The van der Waals surface area contributed by atoms with Gasteiger partial charge in [-0.05, 0) is 41.3 Å². The van der Waals surface area contributed by atoms with Gasteiger partial charge in [0.05, 0.1) is 23.4 Å². The number of nitrogens with two attached hydrogens (primary N) is 1. The molecule has 0 aliphatic carbocycles. The number of rotatable bonds is 8. The number of fused-ring (bicyclic) bond motifs is 1. The van der Waals surface area contributed by atoms with E-state index in [0.717, 1.165) is 27.0 Å². The molecule has 0 saturated carbocycles. The lowest BCUT2D eigenvalue weighted by Crippen LogP contribution is -2.42. The van der Waals surface area contributed by atoms with Crippen LogP contribution < -0.4 is 15.8 Å². The zero-order valence-electron chi connectivity index (χ0n) is 20.0. The SMILES string of the molecule is N=C/C(=C\N)c1ccc(Nc2nc(-c3cccc(OCC(=O)N4CCOCC4)c3)nc3ccsc23)cc1. The number of benzene rings is 2. The smallest absolute Gasteiger partial charge is 0.260 e. The van der Waals surface area contributed by atoms with E-state index in [9.17, 15) is 4.79 Å². The largest absolute Gasteiger partial charge is 0.484 e. The predicted molar refractivity (Wildman–Crippen MR) is 146 cm³/mol. The van der Waals surface area contributed by atoms with Gasteiger partial charge in [0.25, 0.3) is 5.91 Å². The molecule has 2 aromatic heterocycles. The van der Waals surface area contributed by atoms with Gasteiger partial charge in [0.15, 0.2) is 18.2 Å². The second-order valence-electron chi connectivity index (χ2n) is 8.31. The van der Waals surface area contributed by atoms with Crippen molar-refractivity contribution in [2.45, 2.75) is 0 Å². The molecule has 1 amide bonds. The van der Waals surface area contributed by atoms with Crippen LogP contribution in [0.5, 0.6) is 5.75 Å². The Hall–Kier alpha value is -4.28. The molecule has 1 aliphatic rings. The van der Waals surface area contributed by atoms with E-state index in [4.69, 9.17) is 30.6 Å². The molecule has 0 radical (unpaired) electrons. The summed E-state index contributed by atoms with van der Waals surface area (Å²) in [6.07, 6.45) is 2.64. The standard InChI is InChI=1S/C27H26N6O3S/c28-15-20(16-29)18-4-6-21(7-5-18)30-27-25-23(8-13-37-25)31-26(32-27)19-2-1-3-22(14-19)36-17-24(34)33-9-11-35-12-10-33/h1-8,13-16,28H,9-12,17,29H2,(H,30,31,32)/b20-16+,28-15?. The van der Waals surface area contributed by atoms with Crippen molar-refractivity contribution < 1.29 is 14.3 Å². The van der Waals surface area contributed by atoms with E-state index >= 15 is 0 Å². The zero-order chi connectivity index (χ0) is 25.6. The van der Waals surface area contributed by atoms with E-state index in [0.29, 0.717) is 49.3 Å². The van der Waals surface area contributed by atoms with Gasteiger partial charge in [-0.2, -0.15) is 0 Å². The maximum absolute atomic E-state index is 12.4. The summed E-state index contributed by atoms with van der Waals surface area (Å²) in [5, 5.41) is 12.9. The third-order valence-corrected chi connectivity index (χ3v) is 6.85. The van der Waals surface area contributed by atoms with Crippen molar-refractivity contribution >= 4 is 50.8 Å². The molecular formula is C27H26N6O3S. The Morgan fingerprint density at radius 2 is 1.97 bits per heavy atom. The minimum Gasteiger partial charge on any atom is -0.484 e. The van der Waals surface area contributed by atoms with Crippen LogP contribution >= 0.6 is 11.3 Å². The molecule has 0 atom stereocenters. The summed E-state index contributed by atoms with van der Waals surface area (Å²) in [5.74, 6) is 1.76. The Bertz CT molecular complexity index is 1440. The second-order valence-corrected chi connectivity index (χ2v) is 9.23. The maximum atomic E-state index is 12.4. The van der Waals surface area contributed by atoms with Gasteiger partial charge in [0.1, 0.15) is 5.75 Å². The lowest BCUT2D eigenvalue weighted by molar-refractivity contribution is -0.137. The van der Waals surface area contributed by atoms with Crippen molar-refractivity contribution in [3.63, 3.8) is 0 Å². The molecule has 37 heavy (non-hydrogen) atoms. The molecule has 2 aromatic carbocycles. The number of aromatic nitrogens is 2. The number of carbonyl (C=O) groups excluding carboxylic acids is 1. The first kappa shape index (κ1) is 24.4. The van der Waals surface area contributed by atoms with Gasteiger partial charge in [0, 0.05) is 42.3 Å². The number of nitrogens with one attached hydrogen (secondary N) is 2. The molecular weight excluding hydrogens is 488 g/mol. The van der Waals surface area contributed by atoms with Crippen LogP contribution in [0.1, 0.15) is 5.56 Å². The number of thiophene rings is 1. The summed E-state index contributed by atoms with van der Waals surface area (Å²) in [4.78, 5) is 23.8. The highest BCUT2D eigenvalue weighted by atomic mass is 32.1. The third kappa shape index (κ3) is 5.60. The first-order valence-corrected chi connectivity index (χ1v) is 12.7. The summed E-state index contributed by atoms with van der Waals surface area (Å²) in [6, 6.07) is 17.0. The number of amides is 1. The van der Waals surface area contributed by atoms with E-state index in [-0.39, 0.29) is 12.5 Å². The monoisotopic (exact) mass is 514 g/mol. The van der Waals surface area contributed by atoms with Crippen LogP contribution in [0.15, 0.2) is 66.2 Å². The van der Waals surface area contributed by atoms with Crippen molar-refractivity contribution in [3.05, 3.63) is 71.7 Å². The highest BCUT2D eigenvalue weighted by Gasteiger charge is 2.17. The predicted octanol–water partition coefficient (Wildman–Crippen LogP) is 4.29. The average Bonchev–Trinajstić information content (AvgIpc) is 3.43. The highest BCUT2D eigenvalue weighted by molar-refractivity contribution is 7.17. The molecule has 1 aliphatic heterocycles. The van der Waals surface area contributed by atoms with Gasteiger partial charge in [-0.15, -0.1) is 11.3 Å². The van der Waals surface area contributed by atoms with Gasteiger partial charge in [-0.25, -0.2) is 9.97 Å². The maximum Gasteiger partial charge on any atom is 0.260 e. The van der Waals surface area contributed by atoms with Crippen LogP contribution in [0.4, 0.5) is 11.5 Å². The number of allylic oxidation sites excluding steroid dienone is 1.